The van der Waals surface area contributed by atoms with Gasteiger partial charge < -0.3 is 19.1 Å². The Morgan fingerprint density at radius 2 is 2.04 bits per heavy atom. The molecule has 1 aromatic rings. The Morgan fingerprint density at radius 3 is 2.64 bits per heavy atom. The minimum atomic E-state index is -0.626. The fourth-order valence-corrected chi connectivity index (χ4v) is 2.99. The number of nitro groups is 1. The first-order valence-electron chi connectivity index (χ1n) is 9.06. The molecule has 0 spiro atoms. The number of ether oxygens (including phenoxy) is 3. The second-order valence-electron chi connectivity index (χ2n) is 7.61. The van der Waals surface area contributed by atoms with Crippen LogP contribution in [0.2, 0.25) is 0 Å². The Bertz CT molecular complexity index is 742. The van der Waals surface area contributed by atoms with Crippen LogP contribution in [0.3, 0.4) is 0 Å². The van der Waals surface area contributed by atoms with Crippen molar-refractivity contribution in [3.05, 3.63) is 33.9 Å². The van der Waals surface area contributed by atoms with Crippen LogP contribution in [0.15, 0.2) is 18.2 Å². The van der Waals surface area contributed by atoms with Gasteiger partial charge >= 0.3 is 17.7 Å². The van der Waals surface area contributed by atoms with E-state index < -0.39 is 23.1 Å². The standard InChI is InChI=1S/C19H26N2O7/c1-19(2,3)28-18(23)20-9-5-6-14(11-20)13-7-8-16(15(10-13)21(24)25)27-12-17(22)26-4/h7-8,10,14H,5-6,9,11-12H2,1-4H3. The van der Waals surface area contributed by atoms with Crippen molar-refractivity contribution in [2.24, 2.45) is 0 Å². The van der Waals surface area contributed by atoms with Crippen LogP contribution in [0.25, 0.3) is 0 Å². The quantitative estimate of drug-likeness (QED) is 0.428. The van der Waals surface area contributed by atoms with E-state index in [1.54, 1.807) is 11.0 Å². The highest BCUT2D eigenvalue weighted by atomic mass is 16.6. The molecule has 28 heavy (non-hydrogen) atoms. The third kappa shape index (κ3) is 5.83. The summed E-state index contributed by atoms with van der Waals surface area (Å²) in [5, 5.41) is 11.4. The molecule has 1 fully saturated rings. The van der Waals surface area contributed by atoms with Crippen LogP contribution in [0.5, 0.6) is 5.75 Å². The molecule has 1 saturated heterocycles. The largest absolute Gasteiger partial charge is 0.475 e. The first kappa shape index (κ1) is 21.5. The molecular formula is C19H26N2O7. The molecule has 0 aliphatic carbocycles. The maximum atomic E-state index is 12.3. The van der Waals surface area contributed by atoms with E-state index in [4.69, 9.17) is 9.47 Å². The number of hydrogen-bond donors (Lipinski definition) is 0. The van der Waals surface area contributed by atoms with E-state index in [9.17, 15) is 19.7 Å². The zero-order valence-electron chi connectivity index (χ0n) is 16.6. The lowest BCUT2D eigenvalue weighted by Crippen LogP contribution is -2.42. The van der Waals surface area contributed by atoms with E-state index in [0.29, 0.717) is 13.1 Å². The lowest BCUT2D eigenvalue weighted by atomic mass is 9.90. The third-order valence-corrected chi connectivity index (χ3v) is 4.30. The summed E-state index contributed by atoms with van der Waals surface area (Å²) in [4.78, 5) is 36.0. The van der Waals surface area contributed by atoms with E-state index in [0.717, 1.165) is 18.4 Å². The van der Waals surface area contributed by atoms with E-state index in [1.807, 2.05) is 20.8 Å². The molecule has 154 valence electrons. The second kappa shape index (κ2) is 8.90. The van der Waals surface area contributed by atoms with Gasteiger partial charge in [-0.25, -0.2) is 9.59 Å². The van der Waals surface area contributed by atoms with Crippen molar-refractivity contribution in [2.75, 3.05) is 26.8 Å². The maximum Gasteiger partial charge on any atom is 0.410 e. The first-order valence-corrected chi connectivity index (χ1v) is 9.06. The van der Waals surface area contributed by atoms with Gasteiger partial charge in [-0.1, -0.05) is 6.07 Å². The number of nitrogens with zero attached hydrogens (tertiary/aromatic N) is 2. The van der Waals surface area contributed by atoms with Gasteiger partial charge in [0, 0.05) is 25.1 Å². The molecule has 2 rings (SSSR count). The van der Waals surface area contributed by atoms with Crippen LogP contribution in [0.1, 0.15) is 45.1 Å². The van der Waals surface area contributed by atoms with Gasteiger partial charge in [0.1, 0.15) is 5.60 Å². The van der Waals surface area contributed by atoms with E-state index in [-0.39, 0.29) is 23.4 Å². The van der Waals surface area contributed by atoms with Crippen molar-refractivity contribution >= 4 is 17.7 Å². The van der Waals surface area contributed by atoms with Gasteiger partial charge in [-0.15, -0.1) is 0 Å². The number of methoxy groups -OCH3 is 1. The third-order valence-electron chi connectivity index (χ3n) is 4.30. The van der Waals surface area contributed by atoms with E-state index >= 15 is 0 Å². The fraction of sp³-hybridized carbons (Fsp3) is 0.579. The number of nitro benzene ring substituents is 1. The molecule has 0 radical (unpaired) electrons. The van der Waals surface area contributed by atoms with Crippen LogP contribution in [0.4, 0.5) is 10.5 Å². The van der Waals surface area contributed by atoms with Gasteiger partial charge in [-0.2, -0.15) is 0 Å². The Balaban J connectivity index is 2.15. The van der Waals surface area contributed by atoms with Crippen LogP contribution in [0, 0.1) is 10.1 Å². The minimum Gasteiger partial charge on any atom is -0.475 e. The molecule has 9 nitrogen and oxygen atoms in total. The van der Waals surface area contributed by atoms with Crippen molar-refractivity contribution in [1.29, 1.82) is 0 Å². The number of esters is 1. The summed E-state index contributed by atoms with van der Waals surface area (Å²) in [6.07, 6.45) is 1.20. The molecule has 0 aromatic heterocycles. The van der Waals surface area contributed by atoms with Crippen molar-refractivity contribution in [2.45, 2.75) is 45.1 Å². The first-order chi connectivity index (χ1) is 13.1. The molecule has 1 amide bonds. The Morgan fingerprint density at radius 1 is 1.32 bits per heavy atom. The summed E-state index contributed by atoms with van der Waals surface area (Å²) < 4.78 is 15.1. The molecule has 1 aliphatic heterocycles. The lowest BCUT2D eigenvalue weighted by Gasteiger charge is -2.34. The Hall–Kier alpha value is -2.84. The van der Waals surface area contributed by atoms with Crippen LogP contribution >= 0.6 is 0 Å². The number of amides is 1. The SMILES string of the molecule is COC(=O)COc1ccc(C2CCCN(C(=O)OC(C)(C)C)C2)cc1[N+](=O)[O-]. The topological polar surface area (TPSA) is 108 Å². The van der Waals surface area contributed by atoms with Crippen LogP contribution in [-0.2, 0) is 14.3 Å². The van der Waals surface area contributed by atoms with Crippen molar-refractivity contribution in [3.8, 4) is 5.75 Å². The molecule has 1 heterocycles. The monoisotopic (exact) mass is 394 g/mol. The number of carbonyl (C=O) groups is 2. The van der Waals surface area contributed by atoms with Gasteiger partial charge in [-0.05, 0) is 45.2 Å². The normalized spacial score (nSPS) is 17.0. The maximum absolute atomic E-state index is 12.3. The number of rotatable bonds is 5. The fourth-order valence-electron chi connectivity index (χ4n) is 2.99. The van der Waals surface area contributed by atoms with Crippen LogP contribution < -0.4 is 4.74 Å². The van der Waals surface area contributed by atoms with Gasteiger partial charge in [0.05, 0.1) is 12.0 Å². The summed E-state index contributed by atoms with van der Waals surface area (Å²) in [6, 6.07) is 4.64. The molecule has 0 saturated carbocycles. The predicted molar refractivity (Wildman–Crippen MR) is 100 cm³/mol. The molecule has 1 unspecified atom stereocenters. The van der Waals surface area contributed by atoms with Gasteiger partial charge in [0.25, 0.3) is 0 Å². The molecule has 1 aliphatic rings. The smallest absolute Gasteiger partial charge is 0.410 e. The molecule has 1 aromatic carbocycles. The van der Waals surface area contributed by atoms with Gasteiger partial charge in [0.2, 0.25) is 0 Å². The van der Waals surface area contributed by atoms with E-state index in [1.165, 1.54) is 19.2 Å². The highest BCUT2D eigenvalue weighted by Gasteiger charge is 2.29. The highest BCUT2D eigenvalue weighted by Crippen LogP contribution is 2.34. The molecule has 9 heteroatoms. The van der Waals surface area contributed by atoms with Crippen molar-refractivity contribution in [3.63, 3.8) is 0 Å². The predicted octanol–water partition coefficient (Wildman–Crippen LogP) is 3.26. The number of hydrogen-bond acceptors (Lipinski definition) is 7. The molecule has 0 bridgehead atoms. The Kier molecular flexibility index (Phi) is 6.82. The van der Waals surface area contributed by atoms with Crippen molar-refractivity contribution in [1.82, 2.24) is 4.90 Å². The zero-order chi connectivity index (χ0) is 20.9. The lowest BCUT2D eigenvalue weighted by molar-refractivity contribution is -0.385. The van der Waals surface area contributed by atoms with Gasteiger partial charge in [-0.3, -0.25) is 10.1 Å². The summed E-state index contributed by atoms with van der Waals surface area (Å²) in [6.45, 7) is 6.03. The van der Waals surface area contributed by atoms with Gasteiger partial charge in [0.15, 0.2) is 12.4 Å². The molecule has 1 atom stereocenters. The average Bonchev–Trinajstić information content (AvgIpc) is 2.64. The van der Waals surface area contributed by atoms with Crippen molar-refractivity contribution < 1.29 is 28.7 Å². The summed E-state index contributed by atoms with van der Waals surface area (Å²) in [5.41, 5.74) is -0.0669. The molecular weight excluding hydrogens is 368 g/mol. The number of likely N-dealkylation sites (tertiary alicyclic amines) is 1. The van der Waals surface area contributed by atoms with E-state index in [2.05, 4.69) is 4.74 Å². The molecule has 0 N–H and O–H groups in total. The number of benzene rings is 1. The Labute approximate surface area is 163 Å². The summed E-state index contributed by atoms with van der Waals surface area (Å²) >= 11 is 0. The number of carbonyl (C=O) groups excluding carboxylic acids is 2. The highest BCUT2D eigenvalue weighted by molar-refractivity contribution is 5.71. The average molecular weight is 394 g/mol. The second-order valence-corrected chi connectivity index (χ2v) is 7.61. The van der Waals surface area contributed by atoms with Crippen LogP contribution in [-0.4, -0.2) is 54.3 Å². The summed E-state index contributed by atoms with van der Waals surface area (Å²) in [5.74, 6) is -0.674. The summed E-state index contributed by atoms with van der Waals surface area (Å²) in [7, 11) is 1.21. The number of piperidine rings is 1. The minimum absolute atomic E-state index is 0.000965. The zero-order valence-corrected chi connectivity index (χ0v) is 16.6.